The molecule has 1 N–H and O–H groups in total. The fourth-order valence-corrected chi connectivity index (χ4v) is 5.78. The molecule has 0 spiro atoms. The molecule has 0 radical (unpaired) electrons. The molecule has 2 aromatic carbocycles. The molecular formula is C30H29Cl2F6N3O3. The molecule has 1 saturated heterocycles. The van der Waals surface area contributed by atoms with E-state index in [1.54, 1.807) is 28.0 Å². The van der Waals surface area contributed by atoms with E-state index in [1.165, 1.54) is 6.92 Å². The first kappa shape index (κ1) is 33.6. The first-order valence-electron chi connectivity index (χ1n) is 13.8. The molecule has 2 aliphatic heterocycles. The zero-order valence-electron chi connectivity index (χ0n) is 23.5. The Hall–Kier alpha value is -3.25. The van der Waals surface area contributed by atoms with Crippen molar-refractivity contribution in [2.75, 3.05) is 26.2 Å². The van der Waals surface area contributed by atoms with Gasteiger partial charge in [-0.1, -0.05) is 29.3 Å². The number of alkyl halides is 6. The first-order valence-corrected chi connectivity index (χ1v) is 14.5. The Balaban J connectivity index is 1.56. The minimum absolute atomic E-state index is 0.0277. The van der Waals surface area contributed by atoms with E-state index in [4.69, 9.17) is 23.2 Å². The second kappa shape index (κ2) is 13.4. The first-order chi connectivity index (χ1) is 20.5. The van der Waals surface area contributed by atoms with Gasteiger partial charge in [0.2, 0.25) is 17.7 Å². The molecule has 4 rings (SSSR count). The van der Waals surface area contributed by atoms with Crippen molar-refractivity contribution in [1.82, 2.24) is 15.1 Å². The minimum Gasteiger partial charge on any atom is -0.348 e. The van der Waals surface area contributed by atoms with Crippen molar-refractivity contribution in [3.63, 3.8) is 0 Å². The van der Waals surface area contributed by atoms with Crippen LogP contribution in [-0.2, 0) is 39.7 Å². The summed E-state index contributed by atoms with van der Waals surface area (Å²) in [4.78, 5) is 41.7. The highest BCUT2D eigenvalue weighted by molar-refractivity contribution is 6.42. The highest BCUT2D eigenvalue weighted by atomic mass is 35.5. The van der Waals surface area contributed by atoms with Crippen LogP contribution in [0.1, 0.15) is 48.4 Å². The van der Waals surface area contributed by atoms with Crippen molar-refractivity contribution in [1.29, 1.82) is 0 Å². The van der Waals surface area contributed by atoms with Gasteiger partial charge in [0.1, 0.15) is 0 Å². The fraction of sp³-hybridized carbons (Fsp3) is 0.433. The van der Waals surface area contributed by atoms with Crippen LogP contribution in [0.4, 0.5) is 26.3 Å². The van der Waals surface area contributed by atoms with Gasteiger partial charge in [-0.15, -0.1) is 0 Å². The lowest BCUT2D eigenvalue weighted by Crippen LogP contribution is -2.46. The molecule has 44 heavy (non-hydrogen) atoms. The number of rotatable bonds is 6. The number of likely N-dealkylation sites (tertiary alicyclic amines) is 1. The maximum atomic E-state index is 13.4. The monoisotopic (exact) mass is 663 g/mol. The van der Waals surface area contributed by atoms with Gasteiger partial charge in [0.25, 0.3) is 0 Å². The Morgan fingerprint density at radius 3 is 2.00 bits per heavy atom. The second-order valence-corrected chi connectivity index (χ2v) is 11.7. The summed E-state index contributed by atoms with van der Waals surface area (Å²) in [6.45, 7) is 2.11. The van der Waals surface area contributed by atoms with Crippen LogP contribution in [0.15, 0.2) is 47.5 Å². The van der Waals surface area contributed by atoms with E-state index in [1.807, 2.05) is 0 Å². The summed E-state index contributed by atoms with van der Waals surface area (Å²) in [5.41, 5.74) is -1.78. The molecule has 0 saturated carbocycles. The zero-order valence-corrected chi connectivity index (χ0v) is 25.1. The summed E-state index contributed by atoms with van der Waals surface area (Å²) in [7, 11) is 0. The molecule has 238 valence electrons. The molecule has 0 aliphatic carbocycles. The van der Waals surface area contributed by atoms with Crippen LogP contribution in [0.5, 0.6) is 0 Å². The Labute approximate surface area is 260 Å². The fourth-order valence-electron chi connectivity index (χ4n) is 5.46. The second-order valence-electron chi connectivity index (χ2n) is 10.9. The van der Waals surface area contributed by atoms with E-state index in [9.17, 15) is 40.7 Å². The van der Waals surface area contributed by atoms with E-state index in [0.717, 1.165) is 0 Å². The number of hydrogen-bond acceptors (Lipinski definition) is 3. The summed E-state index contributed by atoms with van der Waals surface area (Å²) in [6, 6.07) is 6.07. The van der Waals surface area contributed by atoms with Crippen LogP contribution in [-0.4, -0.2) is 53.7 Å². The van der Waals surface area contributed by atoms with Crippen LogP contribution in [0.2, 0.25) is 10.0 Å². The molecule has 0 bridgehead atoms. The molecule has 0 aromatic heterocycles. The Bertz CT molecular complexity index is 1430. The smallest absolute Gasteiger partial charge is 0.348 e. The van der Waals surface area contributed by atoms with Crippen LogP contribution < -0.4 is 5.32 Å². The highest BCUT2D eigenvalue weighted by Crippen LogP contribution is 2.36. The number of nitrogens with zero attached hydrogens (tertiary/aromatic N) is 2. The number of amides is 3. The van der Waals surface area contributed by atoms with Gasteiger partial charge in [0.15, 0.2) is 0 Å². The van der Waals surface area contributed by atoms with Crippen molar-refractivity contribution >= 4 is 40.9 Å². The van der Waals surface area contributed by atoms with E-state index in [2.05, 4.69) is 5.32 Å². The normalized spacial score (nSPS) is 16.8. The Morgan fingerprint density at radius 2 is 1.45 bits per heavy atom. The van der Waals surface area contributed by atoms with Crippen LogP contribution in [0.3, 0.4) is 0 Å². The summed E-state index contributed by atoms with van der Waals surface area (Å²) in [5, 5.41) is 3.06. The molecular weight excluding hydrogens is 635 g/mol. The number of carbonyl (C=O) groups excluding carboxylic acids is 3. The van der Waals surface area contributed by atoms with E-state index in [-0.39, 0.29) is 65.9 Å². The molecule has 6 nitrogen and oxygen atoms in total. The van der Waals surface area contributed by atoms with Gasteiger partial charge >= 0.3 is 12.4 Å². The summed E-state index contributed by atoms with van der Waals surface area (Å²) < 4.78 is 79.8. The number of piperidine rings is 1. The van der Waals surface area contributed by atoms with Crippen LogP contribution in [0, 0.1) is 5.92 Å². The lowest BCUT2D eigenvalue weighted by Gasteiger charge is -2.36. The van der Waals surface area contributed by atoms with Crippen molar-refractivity contribution < 1.29 is 40.7 Å². The number of nitrogens with one attached hydrogen (secondary N) is 1. The Kier molecular flexibility index (Phi) is 10.2. The molecule has 2 aliphatic rings. The predicted molar refractivity (Wildman–Crippen MR) is 152 cm³/mol. The lowest BCUT2D eigenvalue weighted by molar-refractivity contribution is -0.143. The minimum atomic E-state index is -5.02. The predicted octanol–water partition coefficient (Wildman–Crippen LogP) is 6.68. The SMILES string of the molecule is CC(=O)N1CCC(C(=O)N2CCC(C(=O)NCc3cc(C(F)(F)F)cc(C(F)(F)F)c3)=C(Cc3ccc(Cl)c(Cl)c3)C2)CC1. The van der Waals surface area contributed by atoms with E-state index >= 15 is 0 Å². The largest absolute Gasteiger partial charge is 0.416 e. The topological polar surface area (TPSA) is 69.7 Å². The number of halogens is 8. The molecule has 0 unspecified atom stereocenters. The van der Waals surface area contributed by atoms with Gasteiger partial charge in [0, 0.05) is 51.1 Å². The number of carbonyl (C=O) groups is 3. The van der Waals surface area contributed by atoms with Gasteiger partial charge in [-0.2, -0.15) is 26.3 Å². The van der Waals surface area contributed by atoms with Crippen LogP contribution in [0.25, 0.3) is 0 Å². The van der Waals surface area contributed by atoms with Crippen molar-refractivity contribution in [2.24, 2.45) is 5.92 Å². The number of hydrogen-bond donors (Lipinski definition) is 1. The maximum absolute atomic E-state index is 13.4. The molecule has 3 amide bonds. The van der Waals surface area contributed by atoms with E-state index in [0.29, 0.717) is 54.2 Å². The highest BCUT2D eigenvalue weighted by Gasteiger charge is 2.37. The summed E-state index contributed by atoms with van der Waals surface area (Å²) in [5.74, 6) is -1.12. The van der Waals surface area contributed by atoms with Gasteiger partial charge in [-0.3, -0.25) is 14.4 Å². The van der Waals surface area contributed by atoms with Crippen molar-refractivity contribution in [2.45, 2.75) is 51.5 Å². The lowest BCUT2D eigenvalue weighted by atomic mass is 9.90. The van der Waals surface area contributed by atoms with E-state index < -0.39 is 35.9 Å². The number of benzene rings is 2. The third-order valence-corrected chi connectivity index (χ3v) is 8.56. The third kappa shape index (κ3) is 8.26. The van der Waals surface area contributed by atoms with Gasteiger partial charge in [-0.25, -0.2) is 0 Å². The molecule has 14 heteroatoms. The van der Waals surface area contributed by atoms with Crippen molar-refractivity contribution in [3.05, 3.63) is 79.8 Å². The summed E-state index contributed by atoms with van der Waals surface area (Å²) >= 11 is 12.2. The molecule has 0 atom stereocenters. The zero-order chi connectivity index (χ0) is 32.4. The average Bonchev–Trinajstić information content (AvgIpc) is 2.96. The average molecular weight is 664 g/mol. The molecule has 2 aromatic rings. The maximum Gasteiger partial charge on any atom is 0.416 e. The third-order valence-electron chi connectivity index (χ3n) is 7.82. The quantitative estimate of drug-likeness (QED) is 0.351. The Morgan fingerprint density at radius 1 is 0.841 bits per heavy atom. The molecule has 2 heterocycles. The standard InChI is InChI=1S/C30H29Cl2F6N3O3/c1-17(42)40-7-4-20(5-8-40)28(44)41-9-6-24(21(16-41)10-18-2-3-25(31)26(32)13-18)27(43)39-15-19-11-22(29(33,34)35)14-23(12-19)30(36,37)38/h2-3,11-14,20H,4-10,15-16H2,1H3,(H,39,43). The van der Waals surface area contributed by atoms with Gasteiger partial charge < -0.3 is 15.1 Å². The van der Waals surface area contributed by atoms with Crippen molar-refractivity contribution in [3.8, 4) is 0 Å². The van der Waals surface area contributed by atoms with Crippen LogP contribution >= 0.6 is 23.2 Å². The molecule has 1 fully saturated rings. The summed E-state index contributed by atoms with van der Waals surface area (Å²) in [6.07, 6.45) is -8.70. The van der Waals surface area contributed by atoms with Gasteiger partial charge in [-0.05, 0) is 72.7 Å². The van der Waals surface area contributed by atoms with Gasteiger partial charge in [0.05, 0.1) is 21.2 Å².